The molecule has 1 atom stereocenters. The highest BCUT2D eigenvalue weighted by Crippen LogP contribution is 2.46. The molecule has 1 unspecified atom stereocenters. The van der Waals surface area contributed by atoms with Crippen molar-refractivity contribution in [2.24, 2.45) is 0 Å². The summed E-state index contributed by atoms with van der Waals surface area (Å²) in [6.45, 7) is 12.1. The molecule has 0 saturated carbocycles. The third-order valence-electron chi connectivity index (χ3n) is 7.01. The Balaban J connectivity index is 1.99. The van der Waals surface area contributed by atoms with Crippen LogP contribution >= 0.6 is 15.9 Å². The van der Waals surface area contributed by atoms with Crippen LogP contribution in [0, 0.1) is 12.7 Å². The van der Waals surface area contributed by atoms with Crippen molar-refractivity contribution >= 4 is 41.0 Å². The van der Waals surface area contributed by atoms with E-state index in [-0.39, 0.29) is 5.56 Å². The van der Waals surface area contributed by atoms with Gasteiger partial charge >= 0.3 is 5.92 Å². The summed E-state index contributed by atoms with van der Waals surface area (Å²) in [5.74, 6) is -3.51. The summed E-state index contributed by atoms with van der Waals surface area (Å²) in [7, 11) is -2.37. The molecule has 1 N–H and O–H groups in total. The molecule has 0 aliphatic carbocycles. The van der Waals surface area contributed by atoms with Gasteiger partial charge < -0.3 is 9.74 Å². The molecule has 0 spiro atoms. The first-order chi connectivity index (χ1) is 16.8. The summed E-state index contributed by atoms with van der Waals surface area (Å²) in [5, 5.41) is 3.87. The van der Waals surface area contributed by atoms with E-state index in [1.807, 2.05) is 20.8 Å². The van der Waals surface area contributed by atoms with Gasteiger partial charge in [0.2, 0.25) is 0 Å². The van der Waals surface area contributed by atoms with Gasteiger partial charge in [0.1, 0.15) is 27.7 Å². The predicted octanol–water partition coefficient (Wildman–Crippen LogP) is 8.30. The maximum Gasteiger partial charge on any atom is 0.302 e. The number of halogens is 4. The number of aryl methyl sites for hydroxylation is 1. The number of benzene rings is 1. The van der Waals surface area contributed by atoms with Gasteiger partial charge in [0.05, 0.1) is 23.3 Å². The van der Waals surface area contributed by atoms with Gasteiger partial charge in [-0.3, -0.25) is 0 Å². The number of nitrogens with one attached hydrogen (secondary N) is 1. The molecule has 0 bridgehead atoms. The molecule has 3 rings (SSSR count). The van der Waals surface area contributed by atoms with E-state index in [4.69, 9.17) is 4.43 Å². The lowest BCUT2D eigenvalue weighted by atomic mass is 9.91. The van der Waals surface area contributed by atoms with Gasteiger partial charge in [0.25, 0.3) is 0 Å². The number of fused-ring (bicyclic) bond motifs is 1. The fourth-order valence-corrected chi connectivity index (χ4v) is 8.01. The van der Waals surface area contributed by atoms with Crippen molar-refractivity contribution in [2.75, 3.05) is 5.32 Å². The fraction of sp³-hybridized carbons (Fsp3) is 0.500. The second-order valence-corrected chi connectivity index (χ2v) is 15.2. The van der Waals surface area contributed by atoms with Gasteiger partial charge in [-0.15, -0.1) is 0 Å². The highest BCUT2D eigenvalue weighted by molar-refractivity contribution is 9.10. The van der Waals surface area contributed by atoms with Crippen molar-refractivity contribution in [2.45, 2.75) is 84.2 Å². The van der Waals surface area contributed by atoms with Gasteiger partial charge in [-0.05, 0) is 73.9 Å². The smallest absolute Gasteiger partial charge is 0.302 e. The Morgan fingerprint density at radius 3 is 2.36 bits per heavy atom. The molecule has 36 heavy (non-hydrogen) atoms. The van der Waals surface area contributed by atoms with Crippen molar-refractivity contribution in [1.29, 1.82) is 0 Å². The lowest BCUT2D eigenvalue weighted by molar-refractivity contribution is -0.161. The Labute approximate surface area is 220 Å². The van der Waals surface area contributed by atoms with Crippen molar-refractivity contribution in [1.82, 2.24) is 15.0 Å². The summed E-state index contributed by atoms with van der Waals surface area (Å²) >= 11 is 3.35. The van der Waals surface area contributed by atoms with Gasteiger partial charge in [-0.2, -0.15) is 8.78 Å². The molecule has 0 amide bonds. The van der Waals surface area contributed by atoms with Crippen LogP contribution in [0.25, 0.3) is 10.9 Å². The molecule has 1 aromatic carbocycles. The zero-order valence-corrected chi connectivity index (χ0v) is 24.4. The second-order valence-electron chi connectivity index (χ2n) is 9.65. The van der Waals surface area contributed by atoms with E-state index in [0.29, 0.717) is 27.1 Å². The monoisotopic (exact) mass is 582 g/mol. The standard InChI is InChI=1S/C26H34BrF3N4OSi/c1-8-36(9-2,10-3)35-25(6,7)26(29,30)20-13-11-12-18(23(20)28)16(4)32-24-19-14-22(27)31-15-21(19)33-17(5)34-24/h11-16H,8-10H2,1-7H3,(H,32,33,34). The number of nitrogens with zero attached hydrogens (tertiary/aromatic N) is 3. The molecule has 0 aliphatic heterocycles. The first kappa shape index (κ1) is 28.5. The third kappa shape index (κ3) is 5.45. The fourth-order valence-electron chi connectivity index (χ4n) is 4.54. The summed E-state index contributed by atoms with van der Waals surface area (Å²) in [5.41, 5.74) is -1.79. The first-order valence-electron chi connectivity index (χ1n) is 12.2. The van der Waals surface area contributed by atoms with Crippen LogP contribution in [-0.2, 0) is 10.3 Å². The molecule has 5 nitrogen and oxygen atoms in total. The summed E-state index contributed by atoms with van der Waals surface area (Å²) < 4.78 is 54.4. The molecule has 0 saturated heterocycles. The van der Waals surface area contributed by atoms with Crippen LogP contribution in [0.2, 0.25) is 18.1 Å². The average molecular weight is 584 g/mol. The minimum absolute atomic E-state index is 0.116. The number of hydrogen-bond acceptors (Lipinski definition) is 5. The number of anilines is 1. The Kier molecular flexibility index (Phi) is 8.52. The highest BCUT2D eigenvalue weighted by Gasteiger charge is 2.54. The quantitative estimate of drug-likeness (QED) is 0.192. The van der Waals surface area contributed by atoms with Crippen molar-refractivity contribution in [3.63, 3.8) is 0 Å². The maximum atomic E-state index is 15.9. The summed E-state index contributed by atoms with van der Waals surface area (Å²) in [6, 6.07) is 7.40. The molecule has 0 radical (unpaired) electrons. The SMILES string of the molecule is CC[Si](CC)(CC)OC(C)(C)C(F)(F)c1cccc(C(C)Nc2nc(C)nc3cnc(Br)cc23)c1F. The van der Waals surface area contributed by atoms with Crippen molar-refractivity contribution in [3.05, 3.63) is 57.8 Å². The van der Waals surface area contributed by atoms with E-state index in [1.54, 1.807) is 26.1 Å². The van der Waals surface area contributed by atoms with Crippen LogP contribution in [-0.4, -0.2) is 28.9 Å². The largest absolute Gasteiger partial charge is 0.405 e. The number of hydrogen-bond donors (Lipinski definition) is 1. The molecular formula is C26H34BrF3N4OSi. The lowest BCUT2D eigenvalue weighted by Gasteiger charge is -2.42. The molecule has 196 valence electrons. The summed E-state index contributed by atoms with van der Waals surface area (Å²) in [4.78, 5) is 13.0. The van der Waals surface area contributed by atoms with E-state index >= 15 is 13.2 Å². The third-order valence-corrected chi connectivity index (χ3v) is 12.3. The van der Waals surface area contributed by atoms with E-state index in [0.717, 1.165) is 24.2 Å². The molecule has 0 aliphatic rings. The average Bonchev–Trinajstić information content (AvgIpc) is 2.82. The normalized spacial score (nSPS) is 13.8. The van der Waals surface area contributed by atoms with Crippen LogP contribution < -0.4 is 5.32 Å². The molecule has 2 heterocycles. The zero-order chi connectivity index (χ0) is 26.9. The highest BCUT2D eigenvalue weighted by atomic mass is 79.9. The number of rotatable bonds is 10. The van der Waals surface area contributed by atoms with E-state index in [9.17, 15) is 0 Å². The Hall–Kier alpha value is -2.04. The van der Waals surface area contributed by atoms with E-state index in [2.05, 4.69) is 36.2 Å². The molecule has 3 aromatic rings. The Morgan fingerprint density at radius 2 is 1.75 bits per heavy atom. The Bertz CT molecular complexity index is 1230. The molecule has 10 heteroatoms. The number of alkyl halides is 2. The first-order valence-corrected chi connectivity index (χ1v) is 15.6. The van der Waals surface area contributed by atoms with Gasteiger partial charge in [0, 0.05) is 10.9 Å². The van der Waals surface area contributed by atoms with Crippen LogP contribution in [0.5, 0.6) is 0 Å². The van der Waals surface area contributed by atoms with Gasteiger partial charge in [0.15, 0.2) is 8.32 Å². The Morgan fingerprint density at radius 1 is 1.11 bits per heavy atom. The maximum absolute atomic E-state index is 15.9. The minimum atomic E-state index is -3.54. The summed E-state index contributed by atoms with van der Waals surface area (Å²) in [6.07, 6.45) is 1.61. The number of pyridine rings is 1. The van der Waals surface area contributed by atoms with Gasteiger partial charge in [-0.1, -0.05) is 32.9 Å². The number of aromatic nitrogens is 3. The van der Waals surface area contributed by atoms with Crippen molar-refractivity contribution in [3.8, 4) is 0 Å². The van der Waals surface area contributed by atoms with Gasteiger partial charge in [-0.25, -0.2) is 19.3 Å². The van der Waals surface area contributed by atoms with Crippen LogP contribution in [0.1, 0.15) is 64.5 Å². The van der Waals surface area contributed by atoms with Crippen LogP contribution in [0.4, 0.5) is 19.0 Å². The predicted molar refractivity (Wildman–Crippen MR) is 144 cm³/mol. The molecule has 2 aromatic heterocycles. The molecular weight excluding hydrogens is 549 g/mol. The van der Waals surface area contributed by atoms with E-state index < -0.39 is 37.3 Å². The van der Waals surface area contributed by atoms with Crippen molar-refractivity contribution < 1.29 is 17.6 Å². The van der Waals surface area contributed by atoms with E-state index in [1.165, 1.54) is 26.0 Å². The van der Waals surface area contributed by atoms with Crippen LogP contribution in [0.3, 0.4) is 0 Å². The lowest BCUT2D eigenvalue weighted by Crippen LogP contribution is -2.52. The zero-order valence-electron chi connectivity index (χ0n) is 21.8. The second kappa shape index (κ2) is 10.7. The minimum Gasteiger partial charge on any atom is -0.405 e. The van der Waals surface area contributed by atoms with Crippen LogP contribution in [0.15, 0.2) is 35.1 Å². The topological polar surface area (TPSA) is 59.9 Å². The molecule has 0 fully saturated rings.